The largest absolute Gasteiger partial charge is 0.365 e. The van der Waals surface area contributed by atoms with Crippen LogP contribution in [0.4, 0.5) is 14.5 Å². The van der Waals surface area contributed by atoms with Gasteiger partial charge in [0, 0.05) is 43.8 Å². The van der Waals surface area contributed by atoms with E-state index in [1.807, 2.05) is 6.92 Å². The molecule has 0 radical (unpaired) electrons. The summed E-state index contributed by atoms with van der Waals surface area (Å²) in [5.74, 6) is 0.413. The number of pyridine rings is 1. The summed E-state index contributed by atoms with van der Waals surface area (Å²) in [5, 5.41) is 15.5. The molecule has 1 saturated carbocycles. The normalized spacial score (nSPS) is 18.0. The zero-order valence-electron chi connectivity index (χ0n) is 20.0. The average molecular weight is 557 g/mol. The van der Waals surface area contributed by atoms with Crippen molar-refractivity contribution in [1.29, 1.82) is 0 Å². The van der Waals surface area contributed by atoms with Crippen molar-refractivity contribution in [3.63, 3.8) is 0 Å². The molecule has 194 valence electrons. The van der Waals surface area contributed by atoms with E-state index in [1.165, 1.54) is 10.6 Å². The summed E-state index contributed by atoms with van der Waals surface area (Å²) in [6.45, 7) is 8.56. The lowest BCUT2D eigenvalue weighted by Crippen LogP contribution is -2.49. The summed E-state index contributed by atoms with van der Waals surface area (Å²) in [7, 11) is -3.87. The predicted molar refractivity (Wildman–Crippen MR) is 136 cm³/mol. The smallest absolute Gasteiger partial charge is 0.291 e. The summed E-state index contributed by atoms with van der Waals surface area (Å²) in [6, 6.07) is 1.60. The van der Waals surface area contributed by atoms with Crippen LogP contribution >= 0.6 is 23.6 Å². The fourth-order valence-electron chi connectivity index (χ4n) is 4.10. The Bertz CT molecular complexity index is 1410. The number of thiocarbonyl (C=S) groups is 1. The molecule has 0 bridgehead atoms. The predicted octanol–water partition coefficient (Wildman–Crippen LogP) is 3.12. The van der Waals surface area contributed by atoms with Gasteiger partial charge in [0.25, 0.3) is 6.43 Å². The van der Waals surface area contributed by atoms with E-state index in [-0.39, 0.29) is 21.6 Å². The van der Waals surface area contributed by atoms with Gasteiger partial charge in [-0.3, -0.25) is 4.40 Å². The molecule has 0 amide bonds. The van der Waals surface area contributed by atoms with E-state index in [0.717, 1.165) is 17.8 Å². The third-order valence-electron chi connectivity index (χ3n) is 6.40. The Morgan fingerprint density at radius 2 is 1.83 bits per heavy atom. The molecule has 1 saturated heterocycles. The van der Waals surface area contributed by atoms with Crippen molar-refractivity contribution in [1.82, 2.24) is 34.4 Å². The number of anilines is 1. The lowest BCUT2D eigenvalue weighted by molar-refractivity contribution is 0.150. The first-order valence-corrected chi connectivity index (χ1v) is 14.3. The molecular formula is C21H26F2N8O2S3. The van der Waals surface area contributed by atoms with Gasteiger partial charge in [0.2, 0.25) is 10.0 Å². The van der Waals surface area contributed by atoms with Gasteiger partial charge < -0.3 is 9.80 Å². The minimum Gasteiger partial charge on any atom is -0.365 e. The Labute approximate surface area is 216 Å². The summed E-state index contributed by atoms with van der Waals surface area (Å²) in [6.07, 6.45) is 0.171. The number of halogens is 2. The molecule has 5 rings (SSSR count). The maximum atomic E-state index is 13.3. The average Bonchev–Trinajstić information content (AvgIpc) is 3.22. The molecule has 0 aromatic carbocycles. The van der Waals surface area contributed by atoms with Gasteiger partial charge in [0.1, 0.15) is 4.90 Å². The van der Waals surface area contributed by atoms with Crippen molar-refractivity contribution in [2.45, 2.75) is 50.5 Å². The highest BCUT2D eigenvalue weighted by Crippen LogP contribution is 2.37. The first kappa shape index (κ1) is 25.3. The number of hydrogen-bond donors (Lipinski definition) is 1. The Hall–Kier alpha value is -2.36. The van der Waals surface area contributed by atoms with Gasteiger partial charge in [-0.1, -0.05) is 37.4 Å². The lowest BCUT2D eigenvalue weighted by Gasteiger charge is -2.38. The number of piperazine rings is 1. The van der Waals surface area contributed by atoms with Gasteiger partial charge in [-0.15, -0.1) is 20.4 Å². The van der Waals surface area contributed by atoms with Crippen LogP contribution < -0.4 is 9.62 Å². The van der Waals surface area contributed by atoms with Crippen molar-refractivity contribution in [3.05, 3.63) is 17.3 Å². The summed E-state index contributed by atoms with van der Waals surface area (Å²) in [5.41, 5.74) is 0.537. The quantitative estimate of drug-likeness (QED) is 0.439. The van der Waals surface area contributed by atoms with Crippen LogP contribution in [0.25, 0.3) is 16.5 Å². The van der Waals surface area contributed by atoms with Gasteiger partial charge >= 0.3 is 0 Å². The van der Waals surface area contributed by atoms with Crippen molar-refractivity contribution >= 4 is 49.9 Å². The second-order valence-corrected chi connectivity index (χ2v) is 12.8. The van der Waals surface area contributed by atoms with Crippen LogP contribution in [0.3, 0.4) is 0 Å². The number of alkyl halides is 2. The molecule has 0 atom stereocenters. The SMILES string of the molecule is CC(C)C(=S)N1CCN(c2cc(S(=O)(=O)NC3(C)CC3)cn3c(-c4nnc(C(F)F)s4)nnc23)CC1. The second kappa shape index (κ2) is 9.19. The molecular weight excluding hydrogens is 530 g/mol. The highest BCUT2D eigenvalue weighted by Gasteiger charge is 2.41. The fourth-order valence-corrected chi connectivity index (χ4v) is 6.44. The molecule has 1 aliphatic carbocycles. The molecule has 1 aliphatic heterocycles. The van der Waals surface area contributed by atoms with Gasteiger partial charge in [0.05, 0.1) is 10.7 Å². The molecule has 2 aliphatic rings. The van der Waals surface area contributed by atoms with E-state index in [4.69, 9.17) is 12.2 Å². The Kier molecular flexibility index (Phi) is 6.46. The molecule has 0 unspecified atom stereocenters. The van der Waals surface area contributed by atoms with E-state index in [1.54, 1.807) is 6.07 Å². The minimum absolute atomic E-state index is 0.0397. The summed E-state index contributed by atoms with van der Waals surface area (Å²) < 4.78 is 57.1. The number of rotatable bonds is 7. The van der Waals surface area contributed by atoms with E-state index in [2.05, 4.69) is 48.8 Å². The van der Waals surface area contributed by atoms with E-state index in [0.29, 0.717) is 48.9 Å². The van der Waals surface area contributed by atoms with E-state index < -0.39 is 27.0 Å². The number of hydrogen-bond acceptors (Lipinski definition) is 9. The molecule has 4 heterocycles. The van der Waals surface area contributed by atoms with Crippen LogP contribution in [0.2, 0.25) is 0 Å². The Morgan fingerprint density at radius 3 is 2.42 bits per heavy atom. The Morgan fingerprint density at radius 1 is 1.14 bits per heavy atom. The molecule has 36 heavy (non-hydrogen) atoms. The van der Waals surface area contributed by atoms with Crippen molar-refractivity contribution in [2.24, 2.45) is 5.92 Å². The van der Waals surface area contributed by atoms with Gasteiger partial charge in [-0.25, -0.2) is 21.9 Å². The maximum Gasteiger partial charge on any atom is 0.291 e. The molecule has 1 N–H and O–H groups in total. The summed E-state index contributed by atoms with van der Waals surface area (Å²) in [4.78, 5) is 5.15. The van der Waals surface area contributed by atoms with Crippen molar-refractivity contribution in [3.8, 4) is 10.8 Å². The molecule has 3 aromatic heterocycles. The molecule has 3 aromatic rings. The van der Waals surface area contributed by atoms with Crippen LogP contribution in [0.1, 0.15) is 45.0 Å². The van der Waals surface area contributed by atoms with Crippen LogP contribution in [-0.4, -0.2) is 74.8 Å². The zero-order valence-corrected chi connectivity index (χ0v) is 22.4. The van der Waals surface area contributed by atoms with Gasteiger partial charge in [-0.05, 0) is 25.8 Å². The third-order valence-corrected chi connectivity index (χ3v) is 9.66. The van der Waals surface area contributed by atoms with Crippen LogP contribution in [0, 0.1) is 5.92 Å². The number of sulfonamides is 1. The number of aromatic nitrogens is 5. The number of fused-ring (bicyclic) bond motifs is 1. The fraction of sp³-hybridized carbons (Fsp3) is 0.571. The van der Waals surface area contributed by atoms with Crippen LogP contribution in [-0.2, 0) is 10.0 Å². The topological polar surface area (TPSA) is 109 Å². The number of nitrogens with one attached hydrogen (secondary N) is 1. The first-order valence-electron chi connectivity index (χ1n) is 11.6. The minimum atomic E-state index is -3.87. The Balaban J connectivity index is 1.57. The third kappa shape index (κ3) is 4.80. The molecule has 2 fully saturated rings. The number of nitrogens with zero attached hydrogens (tertiary/aromatic N) is 7. The highest BCUT2D eigenvalue weighted by atomic mass is 32.2. The molecule has 0 spiro atoms. The van der Waals surface area contributed by atoms with Crippen LogP contribution in [0.15, 0.2) is 17.2 Å². The monoisotopic (exact) mass is 556 g/mol. The molecule has 15 heteroatoms. The molecule has 10 nitrogen and oxygen atoms in total. The lowest BCUT2D eigenvalue weighted by atomic mass is 10.2. The van der Waals surface area contributed by atoms with Crippen molar-refractivity contribution < 1.29 is 17.2 Å². The maximum absolute atomic E-state index is 13.3. The van der Waals surface area contributed by atoms with Gasteiger partial charge in [0.15, 0.2) is 21.5 Å². The van der Waals surface area contributed by atoms with Crippen LogP contribution in [0.5, 0.6) is 0 Å². The van der Waals surface area contributed by atoms with Gasteiger partial charge in [-0.2, -0.15) is 0 Å². The second-order valence-electron chi connectivity index (χ2n) is 9.66. The standard InChI is InChI=1S/C21H26F2N8O2S3/c1-12(2)20(34)30-8-6-29(7-9-30)14-10-13(36(32,33)28-21(3)4-5-21)11-31-16(14)24-25-17(31)19-27-26-18(35-19)15(22)23/h10-12,15,28H,4-9H2,1-3H3. The summed E-state index contributed by atoms with van der Waals surface area (Å²) >= 11 is 6.26. The van der Waals surface area contributed by atoms with E-state index >= 15 is 0 Å². The highest BCUT2D eigenvalue weighted by molar-refractivity contribution is 7.89. The zero-order chi connectivity index (χ0) is 25.8. The van der Waals surface area contributed by atoms with E-state index in [9.17, 15) is 17.2 Å². The van der Waals surface area contributed by atoms with Crippen molar-refractivity contribution in [2.75, 3.05) is 31.1 Å². The first-order chi connectivity index (χ1) is 17.0.